The third kappa shape index (κ3) is 2.50. The van der Waals surface area contributed by atoms with Gasteiger partial charge in [-0.2, -0.15) is 0 Å². The Hall–Kier alpha value is -1.90. The summed E-state index contributed by atoms with van der Waals surface area (Å²) in [6.45, 7) is 6.70. The number of nitrogens with zero attached hydrogens (tertiary/aromatic N) is 2. The molecule has 0 radical (unpaired) electrons. The Morgan fingerprint density at radius 1 is 1.22 bits per heavy atom. The van der Waals surface area contributed by atoms with E-state index in [0.29, 0.717) is 6.54 Å². The van der Waals surface area contributed by atoms with Crippen LogP contribution in [0.1, 0.15) is 26.3 Å². The minimum Gasteiger partial charge on any atom is -0.336 e. The average Bonchev–Trinajstić information content (AvgIpc) is 2.34. The maximum Gasteiger partial charge on any atom is 0.210 e. The zero-order valence-electron chi connectivity index (χ0n) is 11.1. The molecule has 0 unspecified atom stereocenters. The first kappa shape index (κ1) is 12.6. The Morgan fingerprint density at radius 2 is 1.94 bits per heavy atom. The van der Waals surface area contributed by atoms with Gasteiger partial charge in [-0.15, -0.1) is 0 Å². The van der Waals surface area contributed by atoms with Gasteiger partial charge in [-0.3, -0.25) is 9.78 Å². The number of rotatable bonds is 3. The standard InChI is InChI=1S/C15H18N2O/c1-15(2,3)17(11-18)10-12-8-9-16-14-7-5-4-6-13(12)14/h4-9,11H,10H2,1-3H3. The van der Waals surface area contributed by atoms with Crippen molar-refractivity contribution >= 4 is 17.3 Å². The third-order valence-electron chi connectivity index (χ3n) is 3.07. The van der Waals surface area contributed by atoms with Crippen molar-refractivity contribution in [2.75, 3.05) is 0 Å². The molecule has 18 heavy (non-hydrogen) atoms. The van der Waals surface area contributed by atoms with E-state index in [9.17, 15) is 4.79 Å². The Labute approximate surface area is 107 Å². The van der Waals surface area contributed by atoms with E-state index in [2.05, 4.69) is 4.98 Å². The fourth-order valence-electron chi connectivity index (χ4n) is 1.91. The summed E-state index contributed by atoms with van der Waals surface area (Å²) in [6, 6.07) is 9.98. The molecule has 1 aromatic heterocycles. The van der Waals surface area contributed by atoms with Crippen LogP contribution < -0.4 is 0 Å². The molecular weight excluding hydrogens is 224 g/mol. The first-order valence-electron chi connectivity index (χ1n) is 6.07. The first-order chi connectivity index (χ1) is 8.52. The second kappa shape index (κ2) is 4.77. The molecule has 1 aromatic carbocycles. The largest absolute Gasteiger partial charge is 0.336 e. The maximum atomic E-state index is 11.2. The summed E-state index contributed by atoms with van der Waals surface area (Å²) in [4.78, 5) is 17.3. The van der Waals surface area contributed by atoms with Crippen molar-refractivity contribution in [3.8, 4) is 0 Å². The zero-order chi connectivity index (χ0) is 13.2. The van der Waals surface area contributed by atoms with E-state index in [1.54, 1.807) is 11.1 Å². The number of aromatic nitrogens is 1. The normalized spacial score (nSPS) is 11.5. The number of amides is 1. The van der Waals surface area contributed by atoms with Crippen molar-refractivity contribution in [3.63, 3.8) is 0 Å². The highest BCUT2D eigenvalue weighted by molar-refractivity contribution is 5.81. The van der Waals surface area contributed by atoms with Gasteiger partial charge >= 0.3 is 0 Å². The molecule has 0 fully saturated rings. The smallest absolute Gasteiger partial charge is 0.210 e. The molecule has 2 aromatic rings. The Kier molecular flexibility index (Phi) is 3.32. The number of carbonyl (C=O) groups excluding carboxylic acids is 1. The van der Waals surface area contributed by atoms with Gasteiger partial charge in [0.2, 0.25) is 6.41 Å². The number of pyridine rings is 1. The van der Waals surface area contributed by atoms with Gasteiger partial charge in [-0.05, 0) is 38.5 Å². The lowest BCUT2D eigenvalue weighted by Crippen LogP contribution is -2.39. The summed E-state index contributed by atoms with van der Waals surface area (Å²) in [5, 5.41) is 1.11. The van der Waals surface area contributed by atoms with Crippen LogP contribution in [0.2, 0.25) is 0 Å². The summed E-state index contributed by atoms with van der Waals surface area (Å²) in [5.41, 5.74) is 1.92. The van der Waals surface area contributed by atoms with Crippen molar-refractivity contribution in [1.29, 1.82) is 0 Å². The van der Waals surface area contributed by atoms with E-state index >= 15 is 0 Å². The molecule has 0 atom stereocenters. The molecule has 0 saturated carbocycles. The maximum absolute atomic E-state index is 11.2. The summed E-state index contributed by atoms with van der Waals surface area (Å²) in [5.74, 6) is 0. The quantitative estimate of drug-likeness (QED) is 0.775. The third-order valence-corrected chi connectivity index (χ3v) is 3.07. The van der Waals surface area contributed by atoms with Crippen molar-refractivity contribution < 1.29 is 4.79 Å². The monoisotopic (exact) mass is 242 g/mol. The van der Waals surface area contributed by atoms with Gasteiger partial charge in [0.25, 0.3) is 0 Å². The molecule has 3 nitrogen and oxygen atoms in total. The van der Waals surface area contributed by atoms with E-state index in [-0.39, 0.29) is 5.54 Å². The Morgan fingerprint density at radius 3 is 2.61 bits per heavy atom. The van der Waals surface area contributed by atoms with Crippen molar-refractivity contribution in [2.24, 2.45) is 0 Å². The van der Waals surface area contributed by atoms with Crippen molar-refractivity contribution in [1.82, 2.24) is 9.88 Å². The molecule has 0 aliphatic rings. The lowest BCUT2D eigenvalue weighted by atomic mass is 10.0. The molecule has 0 N–H and O–H groups in total. The van der Waals surface area contributed by atoms with Crippen LogP contribution in [0.3, 0.4) is 0 Å². The van der Waals surface area contributed by atoms with Gasteiger partial charge in [0.15, 0.2) is 0 Å². The van der Waals surface area contributed by atoms with Crippen LogP contribution in [0.4, 0.5) is 0 Å². The van der Waals surface area contributed by atoms with Gasteiger partial charge < -0.3 is 4.90 Å². The number of fused-ring (bicyclic) bond motifs is 1. The predicted octanol–water partition coefficient (Wildman–Crippen LogP) is 2.99. The predicted molar refractivity (Wildman–Crippen MR) is 73.1 cm³/mol. The van der Waals surface area contributed by atoms with E-state index in [4.69, 9.17) is 0 Å². The van der Waals surface area contributed by atoms with Gasteiger partial charge in [0, 0.05) is 23.7 Å². The molecule has 0 spiro atoms. The second-order valence-corrected chi connectivity index (χ2v) is 5.39. The summed E-state index contributed by atoms with van der Waals surface area (Å²) >= 11 is 0. The number of carbonyl (C=O) groups is 1. The minimum absolute atomic E-state index is 0.174. The van der Waals surface area contributed by atoms with Gasteiger partial charge in [-0.1, -0.05) is 18.2 Å². The second-order valence-electron chi connectivity index (χ2n) is 5.39. The van der Waals surface area contributed by atoms with Crippen LogP contribution in [0, 0.1) is 0 Å². The number of para-hydroxylation sites is 1. The van der Waals surface area contributed by atoms with Crippen LogP contribution in [0.5, 0.6) is 0 Å². The van der Waals surface area contributed by atoms with Gasteiger partial charge in [-0.25, -0.2) is 0 Å². The fourth-order valence-corrected chi connectivity index (χ4v) is 1.91. The van der Waals surface area contributed by atoms with E-state index in [1.807, 2.05) is 51.1 Å². The molecule has 2 rings (SSSR count). The average molecular weight is 242 g/mol. The van der Waals surface area contributed by atoms with Crippen molar-refractivity contribution in [2.45, 2.75) is 32.9 Å². The summed E-state index contributed by atoms with van der Waals surface area (Å²) < 4.78 is 0. The topological polar surface area (TPSA) is 33.2 Å². The molecule has 0 aliphatic heterocycles. The molecule has 1 heterocycles. The van der Waals surface area contributed by atoms with Crippen molar-refractivity contribution in [3.05, 3.63) is 42.1 Å². The fraction of sp³-hybridized carbons (Fsp3) is 0.333. The van der Waals surface area contributed by atoms with E-state index in [1.165, 1.54) is 0 Å². The Balaban J connectivity index is 2.40. The van der Waals surface area contributed by atoms with Crippen LogP contribution in [0.15, 0.2) is 36.5 Å². The molecule has 94 valence electrons. The van der Waals surface area contributed by atoms with Gasteiger partial charge in [0.05, 0.1) is 5.52 Å². The zero-order valence-corrected chi connectivity index (χ0v) is 11.1. The van der Waals surface area contributed by atoms with E-state index < -0.39 is 0 Å². The van der Waals surface area contributed by atoms with Crippen LogP contribution >= 0.6 is 0 Å². The molecule has 0 bridgehead atoms. The minimum atomic E-state index is -0.174. The number of hydrogen-bond acceptors (Lipinski definition) is 2. The highest BCUT2D eigenvalue weighted by Gasteiger charge is 2.20. The molecular formula is C15H18N2O. The molecule has 1 amide bonds. The molecule has 3 heteroatoms. The first-order valence-corrected chi connectivity index (χ1v) is 6.07. The molecule has 0 aliphatic carbocycles. The SMILES string of the molecule is CC(C)(C)N(C=O)Cc1ccnc2ccccc12. The number of hydrogen-bond donors (Lipinski definition) is 0. The Bertz CT molecular complexity index is 552. The number of benzene rings is 1. The van der Waals surface area contributed by atoms with Crippen LogP contribution in [-0.4, -0.2) is 21.8 Å². The lowest BCUT2D eigenvalue weighted by molar-refractivity contribution is -0.123. The summed E-state index contributed by atoms with van der Waals surface area (Å²) in [6.07, 6.45) is 2.71. The lowest BCUT2D eigenvalue weighted by Gasteiger charge is -2.32. The van der Waals surface area contributed by atoms with Crippen LogP contribution in [0.25, 0.3) is 10.9 Å². The highest BCUT2D eigenvalue weighted by Crippen LogP contribution is 2.21. The highest BCUT2D eigenvalue weighted by atomic mass is 16.1. The van der Waals surface area contributed by atoms with Crippen LogP contribution in [-0.2, 0) is 11.3 Å². The van der Waals surface area contributed by atoms with Gasteiger partial charge in [0.1, 0.15) is 0 Å². The molecule has 0 saturated heterocycles. The van der Waals surface area contributed by atoms with E-state index in [0.717, 1.165) is 22.9 Å². The summed E-state index contributed by atoms with van der Waals surface area (Å²) in [7, 11) is 0.